The monoisotopic (exact) mass is 605 g/mol. The number of benzene rings is 4. The molecule has 6 nitrogen and oxygen atoms in total. The molecule has 10 heteroatoms. The number of halogens is 3. The Bertz CT molecular complexity index is 1550. The second-order valence-electron chi connectivity index (χ2n) is 8.64. The van der Waals surface area contributed by atoms with Crippen LogP contribution in [0.1, 0.15) is 27.6 Å². The van der Waals surface area contributed by atoms with Crippen molar-refractivity contribution in [1.29, 1.82) is 0 Å². The molecule has 0 bridgehead atoms. The van der Waals surface area contributed by atoms with E-state index in [1.807, 2.05) is 6.07 Å². The molecule has 0 unspecified atom stereocenters. The molecule has 204 valence electrons. The predicted molar refractivity (Wildman–Crippen MR) is 156 cm³/mol. The maximum atomic E-state index is 13.4. The molecule has 0 heterocycles. The van der Waals surface area contributed by atoms with E-state index in [0.29, 0.717) is 35.7 Å². The number of aliphatic hydroxyl groups excluding tert-OH is 1. The Hall–Kier alpha value is -2.91. The zero-order valence-electron chi connectivity index (χ0n) is 20.6. The van der Waals surface area contributed by atoms with Crippen molar-refractivity contribution in [2.24, 2.45) is 0 Å². The number of hydrogen-bond acceptors (Lipinski definition) is 5. The van der Waals surface area contributed by atoms with E-state index in [2.05, 4.69) is 5.32 Å². The van der Waals surface area contributed by atoms with Gasteiger partial charge in [-0.3, -0.25) is 0 Å². The van der Waals surface area contributed by atoms with E-state index >= 15 is 0 Å². The van der Waals surface area contributed by atoms with Gasteiger partial charge in [-0.15, -0.1) is 12.4 Å². The number of carbonyl (C=O) groups is 1. The molecule has 0 radical (unpaired) electrons. The van der Waals surface area contributed by atoms with Gasteiger partial charge in [0.05, 0.1) is 26.5 Å². The Labute approximate surface area is 243 Å². The molecular formula is C29H26Cl3NO5S. The van der Waals surface area contributed by atoms with E-state index in [1.165, 1.54) is 24.3 Å². The van der Waals surface area contributed by atoms with E-state index in [-0.39, 0.29) is 27.2 Å². The fourth-order valence-electron chi connectivity index (χ4n) is 4.09. The lowest BCUT2D eigenvalue weighted by Gasteiger charge is -2.14. The van der Waals surface area contributed by atoms with Crippen molar-refractivity contribution >= 4 is 51.4 Å². The predicted octanol–water partition coefficient (Wildman–Crippen LogP) is 6.48. The zero-order valence-corrected chi connectivity index (χ0v) is 23.7. The van der Waals surface area contributed by atoms with Crippen molar-refractivity contribution in [2.75, 3.05) is 13.1 Å². The summed E-state index contributed by atoms with van der Waals surface area (Å²) >= 11 is 12.4. The highest BCUT2D eigenvalue weighted by Crippen LogP contribution is 2.36. The van der Waals surface area contributed by atoms with Gasteiger partial charge in [-0.25, -0.2) is 13.2 Å². The molecule has 0 aliphatic carbocycles. The van der Waals surface area contributed by atoms with Gasteiger partial charge in [0.25, 0.3) is 0 Å². The number of rotatable bonds is 10. The van der Waals surface area contributed by atoms with E-state index in [9.17, 15) is 23.4 Å². The topological polar surface area (TPSA) is 104 Å². The number of aliphatic hydroxyl groups is 1. The molecule has 39 heavy (non-hydrogen) atoms. The van der Waals surface area contributed by atoms with Gasteiger partial charge < -0.3 is 15.5 Å². The fraction of sp³-hybridized carbons (Fsp3) is 0.138. The summed E-state index contributed by atoms with van der Waals surface area (Å²) in [7, 11) is -4.15. The summed E-state index contributed by atoms with van der Waals surface area (Å²) in [5, 5.41) is 23.7. The minimum Gasteiger partial charge on any atom is -0.478 e. The number of nitrogens with one attached hydrogen (secondary N) is 1. The first-order chi connectivity index (χ1) is 18.2. The molecule has 0 spiro atoms. The first-order valence-corrected chi connectivity index (χ1v) is 14.0. The Kier molecular flexibility index (Phi) is 10.6. The normalized spacial score (nSPS) is 12.0. The number of hydrogen-bond donors (Lipinski definition) is 3. The van der Waals surface area contributed by atoms with E-state index < -0.39 is 27.5 Å². The highest BCUT2D eigenvalue weighted by atomic mass is 35.5. The van der Waals surface area contributed by atoms with E-state index in [0.717, 1.165) is 11.1 Å². The van der Waals surface area contributed by atoms with Crippen molar-refractivity contribution < 1.29 is 23.4 Å². The summed E-state index contributed by atoms with van der Waals surface area (Å²) in [5.41, 5.74) is 2.26. The second-order valence-corrected chi connectivity index (χ2v) is 11.4. The number of aromatic carboxylic acids is 1. The number of carboxylic acids is 1. The Balaban J connectivity index is 0.00000420. The minimum absolute atomic E-state index is 0. The van der Waals surface area contributed by atoms with Crippen LogP contribution in [0, 0.1) is 0 Å². The highest BCUT2D eigenvalue weighted by Gasteiger charge is 2.28. The van der Waals surface area contributed by atoms with Crippen LogP contribution in [0.5, 0.6) is 0 Å². The van der Waals surface area contributed by atoms with Crippen molar-refractivity contribution in [1.82, 2.24) is 5.32 Å². The van der Waals surface area contributed by atoms with Gasteiger partial charge in [0.15, 0.2) is 0 Å². The molecule has 0 aliphatic rings. The van der Waals surface area contributed by atoms with Gasteiger partial charge >= 0.3 is 5.97 Å². The molecule has 0 saturated heterocycles. The maximum Gasteiger partial charge on any atom is 0.338 e. The molecule has 4 aromatic rings. The molecule has 4 aromatic carbocycles. The summed E-state index contributed by atoms with van der Waals surface area (Å²) in [6, 6.07) is 25.1. The lowest BCUT2D eigenvalue weighted by atomic mass is 10.0. The van der Waals surface area contributed by atoms with Crippen molar-refractivity contribution in [3.8, 4) is 11.1 Å². The van der Waals surface area contributed by atoms with Crippen LogP contribution < -0.4 is 5.32 Å². The third-order valence-corrected chi connectivity index (χ3v) is 8.53. The molecular weight excluding hydrogens is 581 g/mol. The summed E-state index contributed by atoms with van der Waals surface area (Å²) in [6.45, 7) is 0.897. The standard InChI is InChI=1S/C29H25Cl2NO5S.ClH/c30-22-8-4-7-21(17-22)25(33)18-32-16-15-19-9-11-23(12-10-19)38(36,37)26-14-13-24(20-5-2-1-3-6-20)28(31)27(26)29(34)35;/h1-14,17,25,32-33H,15-16,18H2,(H,34,35);1H/t25-;/m0./s1. The largest absolute Gasteiger partial charge is 0.478 e. The lowest BCUT2D eigenvalue weighted by molar-refractivity contribution is 0.0693. The van der Waals surface area contributed by atoms with Crippen LogP contribution in [0.15, 0.2) is 101 Å². The SMILES string of the molecule is Cl.O=C(O)c1c(S(=O)(=O)c2ccc(CCNC[C@H](O)c3cccc(Cl)c3)cc2)ccc(-c2ccccc2)c1Cl. The average Bonchev–Trinajstić information content (AvgIpc) is 2.91. The van der Waals surface area contributed by atoms with Crippen LogP contribution in [0.4, 0.5) is 0 Å². The van der Waals surface area contributed by atoms with Gasteiger partial charge in [-0.2, -0.15) is 0 Å². The van der Waals surface area contributed by atoms with Crippen LogP contribution in [-0.4, -0.2) is 37.7 Å². The maximum absolute atomic E-state index is 13.4. The molecule has 3 N–H and O–H groups in total. The first-order valence-electron chi connectivity index (χ1n) is 11.8. The third-order valence-electron chi connectivity index (χ3n) is 6.09. The second kappa shape index (κ2) is 13.4. The van der Waals surface area contributed by atoms with E-state index in [4.69, 9.17) is 23.2 Å². The molecule has 0 aromatic heterocycles. The summed E-state index contributed by atoms with van der Waals surface area (Å²) in [5.74, 6) is -1.42. The van der Waals surface area contributed by atoms with E-state index in [1.54, 1.807) is 60.7 Å². The van der Waals surface area contributed by atoms with Gasteiger partial charge in [0, 0.05) is 17.1 Å². The summed E-state index contributed by atoms with van der Waals surface area (Å²) < 4.78 is 26.8. The average molecular weight is 607 g/mol. The molecule has 1 atom stereocenters. The smallest absolute Gasteiger partial charge is 0.338 e. The van der Waals surface area contributed by atoms with Crippen LogP contribution in [0.2, 0.25) is 10.0 Å². The van der Waals surface area contributed by atoms with Crippen LogP contribution in [0.25, 0.3) is 11.1 Å². The highest BCUT2D eigenvalue weighted by molar-refractivity contribution is 7.91. The molecule has 0 amide bonds. The fourth-order valence-corrected chi connectivity index (χ4v) is 6.15. The summed E-state index contributed by atoms with van der Waals surface area (Å²) in [4.78, 5) is 11.7. The Morgan fingerprint density at radius 1 is 0.897 bits per heavy atom. The van der Waals surface area contributed by atoms with Gasteiger partial charge in [-0.1, -0.05) is 83.9 Å². The van der Waals surface area contributed by atoms with Gasteiger partial charge in [0.2, 0.25) is 9.84 Å². The van der Waals surface area contributed by atoms with Crippen molar-refractivity contribution in [3.63, 3.8) is 0 Å². The number of sulfone groups is 1. The van der Waals surface area contributed by atoms with Gasteiger partial charge in [0.1, 0.15) is 0 Å². The molecule has 0 saturated carbocycles. The minimum atomic E-state index is -4.15. The number of carboxylic acid groups (broad SMARTS) is 1. The lowest BCUT2D eigenvalue weighted by Crippen LogP contribution is -2.23. The van der Waals surface area contributed by atoms with Crippen molar-refractivity contribution in [3.05, 3.63) is 118 Å². The van der Waals surface area contributed by atoms with Gasteiger partial charge in [-0.05, 0) is 60.0 Å². The first kappa shape index (κ1) is 30.6. The zero-order chi connectivity index (χ0) is 27.3. The molecule has 0 aliphatic heterocycles. The van der Waals surface area contributed by atoms with Crippen molar-refractivity contribution in [2.45, 2.75) is 22.3 Å². The molecule has 4 rings (SSSR count). The quantitative estimate of drug-likeness (QED) is 0.179. The Morgan fingerprint density at radius 3 is 2.23 bits per heavy atom. The summed E-state index contributed by atoms with van der Waals surface area (Å²) in [6.07, 6.45) is -0.106. The molecule has 0 fully saturated rings. The van der Waals surface area contributed by atoms with Crippen LogP contribution >= 0.6 is 35.6 Å². The van der Waals surface area contributed by atoms with Crippen LogP contribution in [-0.2, 0) is 16.3 Å². The van der Waals surface area contributed by atoms with Crippen LogP contribution in [0.3, 0.4) is 0 Å². The third kappa shape index (κ3) is 7.19. The Morgan fingerprint density at radius 2 is 1.59 bits per heavy atom.